The Morgan fingerprint density at radius 1 is 1.33 bits per heavy atom. The molecule has 1 aromatic rings. The van der Waals surface area contributed by atoms with Gasteiger partial charge in [0.05, 0.1) is 4.90 Å². The Morgan fingerprint density at radius 2 is 2.11 bits per heavy atom. The average molecular weight is 288 g/mol. The number of nitrogens with two attached hydrogens (primary N) is 1. The van der Waals surface area contributed by atoms with Gasteiger partial charge >= 0.3 is 0 Å². The number of unbranched alkanes of at least 4 members (excludes halogenated alkanes) is 1. The van der Waals surface area contributed by atoms with Gasteiger partial charge in [0.25, 0.3) is 0 Å². The number of hydrogen-bond acceptors (Lipinski definition) is 4. The first-order chi connectivity index (χ1) is 8.54. The maximum absolute atomic E-state index is 11.2. The van der Waals surface area contributed by atoms with Gasteiger partial charge in [0.1, 0.15) is 0 Å². The molecule has 1 aromatic carbocycles. The molecule has 4 nitrogen and oxygen atoms in total. The molecule has 0 atom stereocenters. The predicted octanol–water partition coefficient (Wildman–Crippen LogP) is 1.57. The summed E-state index contributed by atoms with van der Waals surface area (Å²) in [6, 6.07) is 6.73. The number of sulfonamides is 1. The Morgan fingerprint density at radius 3 is 2.78 bits per heavy atom. The molecule has 0 aliphatic carbocycles. The van der Waals surface area contributed by atoms with Gasteiger partial charge in [-0.1, -0.05) is 12.1 Å². The lowest BCUT2D eigenvalue weighted by Crippen LogP contribution is -2.16. The minimum atomic E-state index is -3.60. The molecule has 0 amide bonds. The van der Waals surface area contributed by atoms with E-state index in [1.54, 1.807) is 12.1 Å². The van der Waals surface area contributed by atoms with Gasteiger partial charge in [-0.3, -0.25) is 0 Å². The fourth-order valence-corrected chi connectivity index (χ4v) is 2.64. The molecule has 3 N–H and O–H groups in total. The van der Waals surface area contributed by atoms with Crippen LogP contribution in [0, 0.1) is 0 Å². The quantitative estimate of drug-likeness (QED) is 0.712. The summed E-state index contributed by atoms with van der Waals surface area (Å²) in [7, 11) is -3.60. The largest absolute Gasteiger partial charge is 0.313 e. The number of hydrogen-bond donors (Lipinski definition) is 2. The summed E-state index contributed by atoms with van der Waals surface area (Å²) in [4.78, 5) is 0.171. The third kappa shape index (κ3) is 5.86. The average Bonchev–Trinajstić information content (AvgIpc) is 2.33. The highest BCUT2D eigenvalue weighted by molar-refractivity contribution is 7.98. The summed E-state index contributed by atoms with van der Waals surface area (Å²) in [6.45, 7) is 1.61. The molecule has 0 unspecified atom stereocenters. The third-order valence-corrected chi connectivity index (χ3v) is 4.12. The van der Waals surface area contributed by atoms with Gasteiger partial charge in [-0.05, 0) is 49.1 Å². The Balaban J connectivity index is 2.39. The highest BCUT2D eigenvalue weighted by atomic mass is 32.2. The molecule has 0 aromatic heterocycles. The molecular weight excluding hydrogens is 268 g/mol. The van der Waals surface area contributed by atoms with E-state index in [4.69, 9.17) is 5.14 Å². The summed E-state index contributed by atoms with van der Waals surface area (Å²) in [5.41, 5.74) is 0.936. The highest BCUT2D eigenvalue weighted by Crippen LogP contribution is 2.09. The van der Waals surface area contributed by atoms with Crippen molar-refractivity contribution in [3.05, 3.63) is 29.8 Å². The zero-order valence-corrected chi connectivity index (χ0v) is 12.2. The first kappa shape index (κ1) is 15.5. The second-order valence-electron chi connectivity index (χ2n) is 4.07. The van der Waals surface area contributed by atoms with E-state index in [1.165, 1.54) is 18.2 Å². The number of benzene rings is 1. The molecule has 0 bridgehead atoms. The van der Waals surface area contributed by atoms with Crippen LogP contribution in [-0.2, 0) is 16.6 Å². The van der Waals surface area contributed by atoms with Gasteiger partial charge in [-0.15, -0.1) is 0 Å². The van der Waals surface area contributed by atoms with Crippen LogP contribution in [0.15, 0.2) is 29.2 Å². The minimum absolute atomic E-state index is 0.171. The maximum Gasteiger partial charge on any atom is 0.238 e. The fraction of sp³-hybridized carbons (Fsp3) is 0.500. The molecule has 0 saturated heterocycles. The zero-order valence-electron chi connectivity index (χ0n) is 10.6. The van der Waals surface area contributed by atoms with Gasteiger partial charge in [0.15, 0.2) is 0 Å². The second-order valence-corrected chi connectivity index (χ2v) is 6.62. The van der Waals surface area contributed by atoms with Gasteiger partial charge in [0.2, 0.25) is 10.0 Å². The number of nitrogens with one attached hydrogen (secondary N) is 1. The molecule has 18 heavy (non-hydrogen) atoms. The van der Waals surface area contributed by atoms with E-state index in [1.807, 2.05) is 17.8 Å². The summed E-state index contributed by atoms with van der Waals surface area (Å²) >= 11 is 1.85. The van der Waals surface area contributed by atoms with Crippen molar-refractivity contribution in [2.24, 2.45) is 5.14 Å². The molecule has 0 spiro atoms. The van der Waals surface area contributed by atoms with Crippen molar-refractivity contribution in [2.75, 3.05) is 18.6 Å². The lowest BCUT2D eigenvalue weighted by Gasteiger charge is -2.06. The van der Waals surface area contributed by atoms with Gasteiger partial charge in [-0.2, -0.15) is 11.8 Å². The second kappa shape index (κ2) is 7.78. The molecule has 1 rings (SSSR count). The number of thioether (sulfide) groups is 1. The summed E-state index contributed by atoms with van der Waals surface area (Å²) < 4.78 is 22.4. The summed E-state index contributed by atoms with van der Waals surface area (Å²) in [6.07, 6.45) is 4.44. The number of rotatable bonds is 8. The fourth-order valence-electron chi connectivity index (χ4n) is 1.56. The summed E-state index contributed by atoms with van der Waals surface area (Å²) in [5, 5.41) is 8.38. The summed E-state index contributed by atoms with van der Waals surface area (Å²) in [5.74, 6) is 1.18. The molecule has 0 aliphatic rings. The highest BCUT2D eigenvalue weighted by Gasteiger charge is 2.07. The smallest absolute Gasteiger partial charge is 0.238 e. The first-order valence-corrected chi connectivity index (χ1v) is 8.79. The van der Waals surface area contributed by atoms with Crippen LogP contribution >= 0.6 is 11.8 Å². The third-order valence-electron chi connectivity index (χ3n) is 2.51. The molecular formula is C12H20N2O2S2. The SMILES string of the molecule is CSCCCCNCc1cccc(S(N)(=O)=O)c1. The lowest BCUT2D eigenvalue weighted by atomic mass is 10.2. The van der Waals surface area contributed by atoms with Crippen LogP contribution in [0.3, 0.4) is 0 Å². The standard InChI is InChI=1S/C12H20N2O2S2/c1-17-8-3-2-7-14-10-11-5-4-6-12(9-11)18(13,15)16/h4-6,9,14H,2-3,7-8,10H2,1H3,(H2,13,15,16). The van der Waals surface area contributed by atoms with Crippen LogP contribution in [0.1, 0.15) is 18.4 Å². The first-order valence-electron chi connectivity index (χ1n) is 5.85. The van der Waals surface area contributed by atoms with Crippen molar-refractivity contribution >= 4 is 21.8 Å². The monoisotopic (exact) mass is 288 g/mol. The normalized spacial score (nSPS) is 11.7. The van der Waals surface area contributed by atoms with Crippen LogP contribution in [0.25, 0.3) is 0 Å². The molecule has 0 saturated carbocycles. The van der Waals surface area contributed by atoms with Gasteiger partial charge < -0.3 is 5.32 Å². The van der Waals surface area contributed by atoms with E-state index in [9.17, 15) is 8.42 Å². The van der Waals surface area contributed by atoms with E-state index in [2.05, 4.69) is 11.6 Å². The molecule has 102 valence electrons. The van der Waals surface area contributed by atoms with E-state index in [0.717, 1.165) is 18.5 Å². The zero-order chi connectivity index (χ0) is 13.4. The van der Waals surface area contributed by atoms with Gasteiger partial charge in [0, 0.05) is 6.54 Å². The Labute approximate surface area is 113 Å². The van der Waals surface area contributed by atoms with Crippen molar-refractivity contribution in [1.29, 1.82) is 0 Å². The van der Waals surface area contributed by atoms with Crippen LogP contribution in [-0.4, -0.2) is 27.0 Å². The van der Waals surface area contributed by atoms with Crippen molar-refractivity contribution in [1.82, 2.24) is 5.32 Å². The Kier molecular flexibility index (Phi) is 6.70. The van der Waals surface area contributed by atoms with E-state index in [-0.39, 0.29) is 4.90 Å². The van der Waals surface area contributed by atoms with E-state index in [0.29, 0.717) is 6.54 Å². The molecule has 0 aliphatic heterocycles. The minimum Gasteiger partial charge on any atom is -0.313 e. The van der Waals surface area contributed by atoms with Crippen molar-refractivity contribution in [2.45, 2.75) is 24.3 Å². The molecule has 0 radical (unpaired) electrons. The molecule has 0 fully saturated rings. The predicted molar refractivity (Wildman–Crippen MR) is 77.1 cm³/mol. The van der Waals surface area contributed by atoms with E-state index >= 15 is 0 Å². The molecule has 0 heterocycles. The number of primary sulfonamides is 1. The Hall–Kier alpha value is -0.560. The van der Waals surface area contributed by atoms with Crippen LogP contribution < -0.4 is 10.5 Å². The topological polar surface area (TPSA) is 72.2 Å². The Bertz CT molecular complexity index is 461. The molecule has 6 heteroatoms. The van der Waals surface area contributed by atoms with Crippen LogP contribution in [0.4, 0.5) is 0 Å². The van der Waals surface area contributed by atoms with Crippen LogP contribution in [0.5, 0.6) is 0 Å². The van der Waals surface area contributed by atoms with Crippen LogP contribution in [0.2, 0.25) is 0 Å². The maximum atomic E-state index is 11.2. The van der Waals surface area contributed by atoms with Crippen molar-refractivity contribution < 1.29 is 8.42 Å². The van der Waals surface area contributed by atoms with E-state index < -0.39 is 10.0 Å². The van der Waals surface area contributed by atoms with Crippen molar-refractivity contribution in [3.8, 4) is 0 Å². The van der Waals surface area contributed by atoms with Crippen molar-refractivity contribution in [3.63, 3.8) is 0 Å². The van der Waals surface area contributed by atoms with Gasteiger partial charge in [-0.25, -0.2) is 13.6 Å². The lowest BCUT2D eigenvalue weighted by molar-refractivity contribution is 0.597.